The van der Waals surface area contributed by atoms with Crippen molar-refractivity contribution in [2.45, 2.75) is 45.4 Å². The van der Waals surface area contributed by atoms with E-state index in [2.05, 4.69) is 11.4 Å². The monoisotopic (exact) mass is 262 g/mol. The molecule has 2 rings (SSSR count). The molecule has 104 valence electrons. The molecule has 1 aliphatic carbocycles. The van der Waals surface area contributed by atoms with Crippen molar-refractivity contribution in [1.82, 2.24) is 5.32 Å². The van der Waals surface area contributed by atoms with Gasteiger partial charge in [0, 0.05) is 18.2 Å². The maximum Gasteiger partial charge on any atom is 0.251 e. The van der Waals surface area contributed by atoms with Gasteiger partial charge < -0.3 is 15.8 Å². The van der Waals surface area contributed by atoms with Crippen molar-refractivity contribution in [3.63, 3.8) is 0 Å². The number of hydrogen-bond acceptors (Lipinski definition) is 3. The van der Waals surface area contributed by atoms with Crippen LogP contribution in [0.25, 0.3) is 0 Å². The molecular formula is C15H22N2O2. The molecule has 0 spiro atoms. The van der Waals surface area contributed by atoms with Gasteiger partial charge in [-0.2, -0.15) is 0 Å². The number of benzene rings is 1. The van der Waals surface area contributed by atoms with Crippen molar-refractivity contribution in [3.05, 3.63) is 34.9 Å². The average Bonchev–Trinajstić information content (AvgIpc) is 2.34. The van der Waals surface area contributed by atoms with Crippen molar-refractivity contribution >= 4 is 5.91 Å². The summed E-state index contributed by atoms with van der Waals surface area (Å²) in [6.07, 6.45) is 0.862. The zero-order valence-electron chi connectivity index (χ0n) is 11.8. The predicted octanol–water partition coefficient (Wildman–Crippen LogP) is 1.54. The second kappa shape index (κ2) is 5.72. The third-order valence-electron chi connectivity index (χ3n) is 3.53. The number of ether oxygens (including phenoxy) is 1. The summed E-state index contributed by atoms with van der Waals surface area (Å²) in [6.45, 7) is 6.57. The summed E-state index contributed by atoms with van der Waals surface area (Å²) in [6, 6.07) is 5.75. The molecule has 0 radical (unpaired) electrons. The summed E-state index contributed by atoms with van der Waals surface area (Å²) < 4.78 is 5.55. The highest BCUT2D eigenvalue weighted by atomic mass is 16.5. The van der Waals surface area contributed by atoms with Crippen molar-refractivity contribution in [2.75, 3.05) is 6.61 Å². The van der Waals surface area contributed by atoms with Gasteiger partial charge in [0.25, 0.3) is 5.91 Å². The van der Waals surface area contributed by atoms with Crippen LogP contribution >= 0.6 is 0 Å². The SMILES string of the molecule is CCOC1CC(N)C1NC(=O)c1cc(C)cc(C)c1. The van der Waals surface area contributed by atoms with Gasteiger partial charge in [-0.05, 0) is 39.3 Å². The molecule has 1 aromatic carbocycles. The van der Waals surface area contributed by atoms with Crippen LogP contribution in [0, 0.1) is 13.8 Å². The number of carbonyl (C=O) groups excluding carboxylic acids is 1. The molecular weight excluding hydrogens is 240 g/mol. The molecule has 1 saturated carbocycles. The van der Waals surface area contributed by atoms with Gasteiger partial charge in [0.05, 0.1) is 12.1 Å². The maximum atomic E-state index is 12.2. The van der Waals surface area contributed by atoms with E-state index in [0.717, 1.165) is 17.5 Å². The van der Waals surface area contributed by atoms with E-state index >= 15 is 0 Å². The van der Waals surface area contributed by atoms with Crippen LogP contribution in [0.5, 0.6) is 0 Å². The Hall–Kier alpha value is -1.39. The molecule has 0 aromatic heterocycles. The Labute approximate surface area is 114 Å². The normalized spacial score (nSPS) is 25.8. The fraction of sp³-hybridized carbons (Fsp3) is 0.533. The standard InChI is InChI=1S/C15H22N2O2/c1-4-19-13-8-12(16)14(13)17-15(18)11-6-9(2)5-10(3)7-11/h5-7,12-14H,4,8,16H2,1-3H3,(H,17,18). The zero-order chi connectivity index (χ0) is 14.0. The third kappa shape index (κ3) is 3.14. The van der Waals surface area contributed by atoms with Crippen LogP contribution in [0.1, 0.15) is 34.8 Å². The summed E-state index contributed by atoms with van der Waals surface area (Å²) in [5, 5.41) is 2.98. The van der Waals surface area contributed by atoms with E-state index in [1.807, 2.05) is 32.9 Å². The molecule has 0 bridgehead atoms. The van der Waals surface area contributed by atoms with Gasteiger partial charge in [0.1, 0.15) is 0 Å². The first-order valence-electron chi connectivity index (χ1n) is 6.77. The Morgan fingerprint density at radius 2 is 2.00 bits per heavy atom. The summed E-state index contributed by atoms with van der Waals surface area (Å²) in [5.41, 5.74) is 8.80. The van der Waals surface area contributed by atoms with Crippen LogP contribution in [0.15, 0.2) is 18.2 Å². The lowest BCUT2D eigenvalue weighted by Crippen LogP contribution is -2.64. The second-order valence-corrected chi connectivity index (χ2v) is 5.27. The molecule has 1 aliphatic rings. The van der Waals surface area contributed by atoms with Crippen molar-refractivity contribution in [3.8, 4) is 0 Å². The van der Waals surface area contributed by atoms with Gasteiger partial charge in [-0.25, -0.2) is 0 Å². The number of aryl methyl sites for hydroxylation is 2. The van der Waals surface area contributed by atoms with Gasteiger partial charge in [-0.1, -0.05) is 17.2 Å². The Bertz CT molecular complexity index is 451. The maximum absolute atomic E-state index is 12.2. The quantitative estimate of drug-likeness (QED) is 0.865. The van der Waals surface area contributed by atoms with Crippen LogP contribution in [0.3, 0.4) is 0 Å². The molecule has 4 heteroatoms. The van der Waals surface area contributed by atoms with Crippen molar-refractivity contribution in [1.29, 1.82) is 0 Å². The van der Waals surface area contributed by atoms with Crippen LogP contribution < -0.4 is 11.1 Å². The molecule has 4 nitrogen and oxygen atoms in total. The minimum atomic E-state index is -0.0757. The molecule has 0 aliphatic heterocycles. The first-order chi connectivity index (χ1) is 9.01. The minimum Gasteiger partial charge on any atom is -0.376 e. The van der Waals surface area contributed by atoms with E-state index in [9.17, 15) is 4.79 Å². The summed E-state index contributed by atoms with van der Waals surface area (Å²) in [4.78, 5) is 12.2. The smallest absolute Gasteiger partial charge is 0.251 e. The predicted molar refractivity (Wildman–Crippen MR) is 75.2 cm³/mol. The highest BCUT2D eigenvalue weighted by Crippen LogP contribution is 2.23. The molecule has 1 amide bonds. The van der Waals surface area contributed by atoms with Crippen LogP contribution in [-0.2, 0) is 4.74 Å². The average molecular weight is 262 g/mol. The van der Waals surface area contributed by atoms with E-state index in [-0.39, 0.29) is 24.1 Å². The number of nitrogens with one attached hydrogen (secondary N) is 1. The molecule has 3 unspecified atom stereocenters. The van der Waals surface area contributed by atoms with Gasteiger partial charge in [-0.15, -0.1) is 0 Å². The van der Waals surface area contributed by atoms with Gasteiger partial charge in [0.2, 0.25) is 0 Å². The van der Waals surface area contributed by atoms with Crippen molar-refractivity contribution in [2.24, 2.45) is 5.73 Å². The number of hydrogen-bond donors (Lipinski definition) is 2. The topological polar surface area (TPSA) is 64.3 Å². The van der Waals surface area contributed by atoms with Crippen LogP contribution in [0.2, 0.25) is 0 Å². The van der Waals surface area contributed by atoms with Gasteiger partial charge in [0.15, 0.2) is 0 Å². The number of carbonyl (C=O) groups is 1. The molecule has 1 aromatic rings. The number of nitrogens with two attached hydrogens (primary N) is 1. The number of rotatable bonds is 4. The summed E-state index contributed by atoms with van der Waals surface area (Å²) in [5.74, 6) is -0.0725. The molecule has 0 heterocycles. The summed E-state index contributed by atoms with van der Waals surface area (Å²) >= 11 is 0. The molecule has 1 fully saturated rings. The lowest BCUT2D eigenvalue weighted by molar-refractivity contribution is -0.0300. The van der Waals surface area contributed by atoms with E-state index < -0.39 is 0 Å². The first kappa shape index (κ1) is 14.0. The van der Waals surface area contributed by atoms with Crippen LogP contribution in [0.4, 0.5) is 0 Å². The highest BCUT2D eigenvalue weighted by Gasteiger charge is 2.40. The van der Waals surface area contributed by atoms with Gasteiger partial charge in [-0.3, -0.25) is 4.79 Å². The molecule has 0 saturated heterocycles. The van der Waals surface area contributed by atoms with E-state index in [0.29, 0.717) is 12.2 Å². The Morgan fingerprint density at radius 3 is 2.53 bits per heavy atom. The first-order valence-corrected chi connectivity index (χ1v) is 6.77. The highest BCUT2D eigenvalue weighted by molar-refractivity contribution is 5.95. The number of amides is 1. The Balaban J connectivity index is 2.04. The Morgan fingerprint density at radius 1 is 1.37 bits per heavy atom. The lowest BCUT2D eigenvalue weighted by Gasteiger charge is -2.42. The van der Waals surface area contributed by atoms with Crippen LogP contribution in [-0.4, -0.2) is 30.7 Å². The fourth-order valence-electron chi connectivity index (χ4n) is 2.57. The molecule has 19 heavy (non-hydrogen) atoms. The largest absolute Gasteiger partial charge is 0.376 e. The third-order valence-corrected chi connectivity index (χ3v) is 3.53. The lowest BCUT2D eigenvalue weighted by atomic mass is 9.83. The van der Waals surface area contributed by atoms with E-state index in [1.54, 1.807) is 0 Å². The Kier molecular flexibility index (Phi) is 4.22. The second-order valence-electron chi connectivity index (χ2n) is 5.27. The minimum absolute atomic E-state index is 0.00796. The molecule has 3 N–H and O–H groups in total. The van der Waals surface area contributed by atoms with E-state index in [1.165, 1.54) is 0 Å². The summed E-state index contributed by atoms with van der Waals surface area (Å²) in [7, 11) is 0. The zero-order valence-corrected chi connectivity index (χ0v) is 11.8. The van der Waals surface area contributed by atoms with E-state index in [4.69, 9.17) is 10.5 Å². The van der Waals surface area contributed by atoms with Crippen molar-refractivity contribution < 1.29 is 9.53 Å². The fourth-order valence-corrected chi connectivity index (χ4v) is 2.57. The molecule has 3 atom stereocenters. The van der Waals surface area contributed by atoms with Gasteiger partial charge >= 0.3 is 0 Å².